The minimum Gasteiger partial charge on any atom is -0.462 e. The van der Waals surface area contributed by atoms with Crippen LogP contribution in [0.25, 0.3) is 0 Å². The first-order chi connectivity index (χ1) is 12.8. The van der Waals surface area contributed by atoms with Gasteiger partial charge in [0.15, 0.2) is 0 Å². The van der Waals surface area contributed by atoms with E-state index in [0.717, 1.165) is 10.4 Å². The lowest BCUT2D eigenvalue weighted by atomic mass is 9.93. The summed E-state index contributed by atoms with van der Waals surface area (Å²) in [5, 5.41) is 6.55. The van der Waals surface area contributed by atoms with Crippen LogP contribution in [0, 0.1) is 0 Å². The molecular formula is C19H21ClN2O4S. The number of carbonyl (C=O) groups is 2. The van der Waals surface area contributed by atoms with Crippen molar-refractivity contribution in [3.8, 4) is 0 Å². The lowest BCUT2D eigenvalue weighted by molar-refractivity contribution is -0.0384. The predicted octanol–water partition coefficient (Wildman–Crippen LogP) is 5.07. The van der Waals surface area contributed by atoms with Gasteiger partial charge in [-0.05, 0) is 50.6 Å². The largest absolute Gasteiger partial charge is 0.462 e. The van der Waals surface area contributed by atoms with Crippen molar-refractivity contribution in [2.75, 3.05) is 17.2 Å². The van der Waals surface area contributed by atoms with Crippen LogP contribution in [0.5, 0.6) is 0 Å². The summed E-state index contributed by atoms with van der Waals surface area (Å²) >= 11 is 7.19. The van der Waals surface area contributed by atoms with Gasteiger partial charge in [0.2, 0.25) is 0 Å². The molecule has 2 heterocycles. The molecule has 0 saturated heterocycles. The van der Waals surface area contributed by atoms with E-state index < -0.39 is 12.0 Å². The lowest BCUT2D eigenvalue weighted by Gasteiger charge is -2.30. The van der Waals surface area contributed by atoms with E-state index in [1.165, 1.54) is 11.3 Å². The zero-order valence-electron chi connectivity index (χ0n) is 15.3. The average molecular weight is 409 g/mol. The number of rotatable bonds is 4. The van der Waals surface area contributed by atoms with Crippen molar-refractivity contribution >= 4 is 45.6 Å². The van der Waals surface area contributed by atoms with Gasteiger partial charge in [-0.25, -0.2) is 9.59 Å². The number of carbonyl (C=O) groups excluding carboxylic acids is 2. The van der Waals surface area contributed by atoms with Gasteiger partial charge < -0.3 is 14.8 Å². The Balaban J connectivity index is 1.85. The van der Waals surface area contributed by atoms with Crippen LogP contribution >= 0.6 is 22.9 Å². The smallest absolute Gasteiger partial charge is 0.341 e. The minimum atomic E-state index is -0.443. The van der Waals surface area contributed by atoms with Crippen molar-refractivity contribution < 1.29 is 19.1 Å². The third kappa shape index (κ3) is 4.61. The number of nitrogens with one attached hydrogen (secondary N) is 2. The monoisotopic (exact) mass is 408 g/mol. The molecule has 1 aromatic heterocycles. The molecule has 6 nitrogen and oxygen atoms in total. The minimum absolute atomic E-state index is 0.264. The molecule has 2 N–H and O–H groups in total. The third-order valence-corrected chi connectivity index (χ3v) is 5.47. The number of thiophene rings is 1. The number of urea groups is 1. The summed E-state index contributed by atoms with van der Waals surface area (Å²) < 4.78 is 11.0. The van der Waals surface area contributed by atoms with Crippen molar-refractivity contribution in [2.24, 2.45) is 0 Å². The first-order valence-electron chi connectivity index (χ1n) is 8.58. The van der Waals surface area contributed by atoms with Crippen LogP contribution in [0.15, 0.2) is 24.3 Å². The zero-order valence-corrected chi connectivity index (χ0v) is 16.9. The molecule has 0 unspecified atom stereocenters. The van der Waals surface area contributed by atoms with E-state index in [9.17, 15) is 9.59 Å². The van der Waals surface area contributed by atoms with Crippen molar-refractivity contribution in [1.29, 1.82) is 0 Å². The molecule has 2 amide bonds. The van der Waals surface area contributed by atoms with Gasteiger partial charge in [0, 0.05) is 22.0 Å². The third-order valence-electron chi connectivity index (χ3n) is 4.10. The maximum Gasteiger partial charge on any atom is 0.341 e. The zero-order chi connectivity index (χ0) is 19.6. The lowest BCUT2D eigenvalue weighted by Crippen LogP contribution is -2.32. The van der Waals surface area contributed by atoms with Crippen LogP contribution in [0.3, 0.4) is 0 Å². The van der Waals surface area contributed by atoms with E-state index in [1.54, 1.807) is 31.2 Å². The average Bonchev–Trinajstić information content (AvgIpc) is 2.93. The van der Waals surface area contributed by atoms with Crippen LogP contribution in [0.1, 0.15) is 41.6 Å². The van der Waals surface area contributed by atoms with Crippen LogP contribution in [-0.4, -0.2) is 24.2 Å². The highest BCUT2D eigenvalue weighted by molar-refractivity contribution is 7.17. The van der Waals surface area contributed by atoms with Crippen molar-refractivity contribution in [3.05, 3.63) is 45.3 Å². The van der Waals surface area contributed by atoms with Gasteiger partial charge in [0.05, 0.1) is 24.4 Å². The Morgan fingerprint density at radius 3 is 2.63 bits per heavy atom. The predicted molar refractivity (Wildman–Crippen MR) is 107 cm³/mol. The van der Waals surface area contributed by atoms with Gasteiger partial charge in [-0.15, -0.1) is 11.3 Å². The molecule has 2 aromatic rings. The van der Waals surface area contributed by atoms with E-state index >= 15 is 0 Å². The molecule has 27 heavy (non-hydrogen) atoms. The Hall–Kier alpha value is -2.09. The molecule has 144 valence electrons. The number of hydrogen-bond donors (Lipinski definition) is 2. The molecule has 0 fully saturated rings. The Morgan fingerprint density at radius 2 is 1.96 bits per heavy atom. The number of hydrogen-bond acceptors (Lipinski definition) is 5. The number of ether oxygens (including phenoxy) is 2. The SMILES string of the molecule is CCOC(=O)c1c(NC(=O)Nc2ccc(Cl)cc2)sc2c1CC(C)(C)OC2. The molecule has 8 heteroatoms. The summed E-state index contributed by atoms with van der Waals surface area (Å²) in [6.45, 7) is 6.37. The van der Waals surface area contributed by atoms with Gasteiger partial charge in [-0.3, -0.25) is 5.32 Å². The highest BCUT2D eigenvalue weighted by Gasteiger charge is 2.34. The second-order valence-corrected chi connectivity index (χ2v) is 8.28. The Kier molecular flexibility index (Phi) is 5.74. The number of fused-ring (bicyclic) bond motifs is 1. The van der Waals surface area contributed by atoms with E-state index in [-0.39, 0.29) is 12.2 Å². The molecule has 0 spiro atoms. The number of amides is 2. The molecule has 1 aliphatic rings. The van der Waals surface area contributed by atoms with Crippen molar-refractivity contribution in [3.63, 3.8) is 0 Å². The number of anilines is 2. The molecule has 1 aliphatic heterocycles. The topological polar surface area (TPSA) is 76.7 Å². The molecule has 0 aliphatic carbocycles. The maximum absolute atomic E-state index is 12.5. The van der Waals surface area contributed by atoms with Crippen molar-refractivity contribution in [1.82, 2.24) is 0 Å². The number of benzene rings is 1. The van der Waals surface area contributed by atoms with Gasteiger partial charge in [0.25, 0.3) is 0 Å². The van der Waals surface area contributed by atoms with Gasteiger partial charge in [0.1, 0.15) is 5.00 Å². The van der Waals surface area contributed by atoms with E-state index in [2.05, 4.69) is 10.6 Å². The van der Waals surface area contributed by atoms with E-state index in [1.807, 2.05) is 13.8 Å². The Morgan fingerprint density at radius 1 is 1.26 bits per heavy atom. The highest BCUT2D eigenvalue weighted by Crippen LogP contribution is 2.40. The van der Waals surface area contributed by atoms with Gasteiger partial charge in [-0.2, -0.15) is 0 Å². The first kappa shape index (κ1) is 19.7. The van der Waals surface area contributed by atoms with Crippen LogP contribution in [-0.2, 0) is 22.5 Å². The quantitative estimate of drug-likeness (QED) is 0.692. The second-order valence-electron chi connectivity index (χ2n) is 6.74. The molecular weight excluding hydrogens is 388 g/mol. The highest BCUT2D eigenvalue weighted by atomic mass is 35.5. The molecule has 0 bridgehead atoms. The molecule has 1 aromatic carbocycles. The number of halogens is 1. The van der Waals surface area contributed by atoms with Crippen LogP contribution in [0.4, 0.5) is 15.5 Å². The molecule has 0 atom stereocenters. The fourth-order valence-electron chi connectivity index (χ4n) is 2.86. The Labute approximate surface area is 166 Å². The fourth-order valence-corrected chi connectivity index (χ4v) is 4.10. The van der Waals surface area contributed by atoms with Crippen LogP contribution < -0.4 is 10.6 Å². The normalized spacial score (nSPS) is 15.0. The van der Waals surface area contributed by atoms with E-state index in [0.29, 0.717) is 34.3 Å². The van der Waals surface area contributed by atoms with E-state index in [4.69, 9.17) is 21.1 Å². The standard InChI is InChI=1S/C19H21ClN2O4S/c1-4-25-17(23)15-13-9-19(2,3)26-10-14(13)27-16(15)22-18(24)21-12-7-5-11(20)6-8-12/h5-8H,4,9-10H2,1-3H3,(H2,21,22,24). The summed E-state index contributed by atoms with van der Waals surface area (Å²) in [6.07, 6.45) is 0.577. The summed E-state index contributed by atoms with van der Waals surface area (Å²) in [4.78, 5) is 25.9. The van der Waals surface area contributed by atoms with Gasteiger partial charge in [-0.1, -0.05) is 11.6 Å². The summed E-state index contributed by atoms with van der Waals surface area (Å²) in [7, 11) is 0. The maximum atomic E-state index is 12.5. The summed E-state index contributed by atoms with van der Waals surface area (Å²) in [6, 6.07) is 6.32. The van der Waals surface area contributed by atoms with Crippen LogP contribution in [0.2, 0.25) is 5.02 Å². The van der Waals surface area contributed by atoms with Crippen molar-refractivity contribution in [2.45, 2.75) is 39.4 Å². The molecule has 3 rings (SSSR count). The fraction of sp³-hybridized carbons (Fsp3) is 0.368. The summed E-state index contributed by atoms with van der Waals surface area (Å²) in [5.74, 6) is -0.436. The van der Waals surface area contributed by atoms with Gasteiger partial charge >= 0.3 is 12.0 Å². The molecule has 0 saturated carbocycles. The summed E-state index contributed by atoms with van der Waals surface area (Å²) in [5.41, 5.74) is 1.52. The number of esters is 1. The first-order valence-corrected chi connectivity index (χ1v) is 9.77. The Bertz CT molecular complexity index is 861. The molecule has 0 radical (unpaired) electrons. The second kappa shape index (κ2) is 7.88.